The highest BCUT2D eigenvalue weighted by Crippen LogP contribution is 2.27. The molecule has 0 radical (unpaired) electrons. The van der Waals surface area contributed by atoms with Crippen LogP contribution in [0, 0.1) is 0 Å². The van der Waals surface area contributed by atoms with Gasteiger partial charge in [0.25, 0.3) is 0 Å². The van der Waals surface area contributed by atoms with E-state index in [4.69, 9.17) is 47.4 Å². The van der Waals surface area contributed by atoms with Crippen LogP contribution in [0.25, 0.3) is 22.4 Å². The smallest absolute Gasteiger partial charge is 0.336 e. The molecule has 408 valence electrons. The number of anilines is 1. The van der Waals surface area contributed by atoms with Crippen molar-refractivity contribution in [3.05, 3.63) is 170 Å². The third kappa shape index (κ3) is 22.9. The van der Waals surface area contributed by atoms with E-state index >= 15 is 0 Å². The van der Waals surface area contributed by atoms with Crippen LogP contribution in [0.5, 0.6) is 23.0 Å². The number of ether oxygens (including phenoxy) is 10. The predicted molar refractivity (Wildman–Crippen MR) is 293 cm³/mol. The summed E-state index contributed by atoms with van der Waals surface area (Å²) < 4.78 is 55.9. The molecule has 0 spiro atoms. The van der Waals surface area contributed by atoms with Gasteiger partial charge in [0.1, 0.15) is 36.2 Å². The summed E-state index contributed by atoms with van der Waals surface area (Å²) >= 11 is 1.40. The van der Waals surface area contributed by atoms with Crippen LogP contribution in [0.4, 0.5) is 5.13 Å². The zero-order valence-corrected chi connectivity index (χ0v) is 43.5. The molecular formula is C58H59N3O16S. The van der Waals surface area contributed by atoms with Gasteiger partial charge in [0.15, 0.2) is 12.2 Å². The van der Waals surface area contributed by atoms with Gasteiger partial charge < -0.3 is 47.4 Å². The molecule has 0 amide bonds. The fourth-order valence-electron chi connectivity index (χ4n) is 6.37. The first-order valence-electron chi connectivity index (χ1n) is 24.4. The molecule has 0 saturated heterocycles. The lowest BCUT2D eigenvalue weighted by molar-refractivity contribution is -0.148. The lowest BCUT2D eigenvalue weighted by atomic mass is 10.2. The number of aromatic nitrogens is 1. The molecule has 78 heavy (non-hydrogen) atoms. The van der Waals surface area contributed by atoms with Crippen molar-refractivity contribution in [1.82, 2.24) is 4.98 Å². The van der Waals surface area contributed by atoms with E-state index in [1.165, 1.54) is 47.9 Å². The summed E-state index contributed by atoms with van der Waals surface area (Å²) in [5.74, 6) is -2.47. The number of hydrogen-bond donors (Lipinski definition) is 1. The Bertz CT molecular complexity index is 2880. The van der Waals surface area contributed by atoms with Gasteiger partial charge in [-0.1, -0.05) is 74.1 Å². The van der Waals surface area contributed by atoms with Gasteiger partial charge in [-0.25, -0.2) is 33.8 Å². The molecule has 4 aromatic carbocycles. The standard InChI is InChI=1S/C58H59N3O16S/c1-5-52(62)70-33-13-11-31-68-37-47(75-54(64)7-3)39-72-44-23-17-41(18-24-44)21-29-56(66)74-46-27-28-50(43(35-46)36-59-61-58-60-49-15-9-10-16-51(49)78-58)77-57(67)30-22-42-19-25-45(26-20-42)73-40-48(76-55(65)8-4)38-69-32-12-14-34-71-53(63)6-2/h5-10,15-30,35-36,47-48H,1-4,11-14,31-34,37-40H2,(H,60,61)/b29-21+,30-22+,59-36+. The number of carbonyl (C=O) groups is 6. The van der Waals surface area contributed by atoms with E-state index < -0.39 is 48.0 Å². The Morgan fingerprint density at radius 3 is 1.55 bits per heavy atom. The second-order valence-electron chi connectivity index (χ2n) is 16.2. The summed E-state index contributed by atoms with van der Waals surface area (Å²) in [7, 11) is 0. The van der Waals surface area contributed by atoms with E-state index in [0.717, 1.165) is 34.5 Å². The van der Waals surface area contributed by atoms with Gasteiger partial charge in [-0.15, -0.1) is 0 Å². The molecule has 19 nitrogen and oxygen atoms in total. The zero-order valence-electron chi connectivity index (χ0n) is 42.7. The lowest BCUT2D eigenvalue weighted by Crippen LogP contribution is -2.29. The number of thiazole rings is 1. The number of nitrogens with one attached hydrogen (secondary N) is 1. The zero-order chi connectivity index (χ0) is 55.7. The summed E-state index contributed by atoms with van der Waals surface area (Å²) in [5, 5.41) is 4.84. The molecule has 0 aliphatic carbocycles. The molecule has 1 N–H and O–H groups in total. The van der Waals surface area contributed by atoms with Crippen LogP contribution in [-0.2, 0) is 57.2 Å². The van der Waals surface area contributed by atoms with Gasteiger partial charge in [0.2, 0.25) is 5.13 Å². The van der Waals surface area contributed by atoms with Gasteiger partial charge in [-0.2, -0.15) is 5.10 Å². The Hall–Kier alpha value is -8.98. The van der Waals surface area contributed by atoms with Gasteiger partial charge in [0.05, 0.1) is 42.9 Å². The minimum atomic E-state index is -0.733. The molecule has 1 heterocycles. The third-order valence-corrected chi connectivity index (χ3v) is 11.2. The number of rotatable bonds is 35. The van der Waals surface area contributed by atoms with Crippen LogP contribution >= 0.6 is 11.3 Å². The summed E-state index contributed by atoms with van der Waals surface area (Å²) in [6.07, 6.45) is 12.2. The molecule has 0 saturated carbocycles. The van der Waals surface area contributed by atoms with E-state index in [-0.39, 0.29) is 51.1 Å². The predicted octanol–water partition coefficient (Wildman–Crippen LogP) is 8.99. The van der Waals surface area contributed by atoms with Crippen molar-refractivity contribution < 1.29 is 76.1 Å². The first-order chi connectivity index (χ1) is 37.9. The average molecular weight is 1090 g/mol. The summed E-state index contributed by atoms with van der Waals surface area (Å²) in [4.78, 5) is 77.0. The fourth-order valence-corrected chi connectivity index (χ4v) is 7.19. The van der Waals surface area contributed by atoms with Crippen LogP contribution in [0.1, 0.15) is 42.4 Å². The largest absolute Gasteiger partial charge is 0.490 e. The molecular weight excluding hydrogens is 1030 g/mol. The highest BCUT2D eigenvalue weighted by Gasteiger charge is 2.17. The molecule has 2 atom stereocenters. The van der Waals surface area contributed by atoms with Crippen molar-refractivity contribution in [2.45, 2.75) is 37.9 Å². The normalized spacial score (nSPS) is 11.8. The monoisotopic (exact) mass is 1090 g/mol. The number of carbonyl (C=O) groups excluding carboxylic acids is 6. The Morgan fingerprint density at radius 2 is 1.04 bits per heavy atom. The SMILES string of the molecule is C=CC(=O)OCCCCOCC(COc1ccc(/C=C/C(=O)Oc2ccc(OC(=O)/C=C/c3ccc(OCC(COCCCCOC(=O)C=C)OC(=O)C=C)cc3)c(/C=N/Nc3nc4ccccc4s3)c2)cc1)OC(=O)C=C. The Kier molecular flexibility index (Phi) is 26.0. The highest BCUT2D eigenvalue weighted by atomic mass is 32.1. The Morgan fingerprint density at radius 1 is 0.551 bits per heavy atom. The highest BCUT2D eigenvalue weighted by molar-refractivity contribution is 7.22. The van der Waals surface area contributed by atoms with Crippen molar-refractivity contribution in [3.8, 4) is 23.0 Å². The molecule has 2 unspecified atom stereocenters. The van der Waals surface area contributed by atoms with Gasteiger partial charge in [-0.3, -0.25) is 5.43 Å². The third-order valence-electron chi connectivity index (χ3n) is 10.2. The van der Waals surface area contributed by atoms with E-state index in [0.29, 0.717) is 72.2 Å². The number of unbranched alkanes of at least 4 members (excludes halogenated alkanes) is 2. The molecule has 0 bridgehead atoms. The first-order valence-corrected chi connectivity index (χ1v) is 25.2. The van der Waals surface area contributed by atoms with Gasteiger partial charge in [-0.05, 0) is 104 Å². The van der Waals surface area contributed by atoms with Crippen LogP contribution in [-0.4, -0.2) is 112 Å². The molecule has 5 aromatic rings. The van der Waals surface area contributed by atoms with Crippen LogP contribution < -0.4 is 24.4 Å². The van der Waals surface area contributed by atoms with E-state index in [9.17, 15) is 28.8 Å². The lowest BCUT2D eigenvalue weighted by Gasteiger charge is -2.18. The molecule has 20 heteroatoms. The number of nitrogens with zero attached hydrogens (tertiary/aromatic N) is 2. The number of hydrogen-bond acceptors (Lipinski definition) is 20. The number of fused-ring (bicyclic) bond motifs is 1. The van der Waals surface area contributed by atoms with E-state index in [1.807, 2.05) is 24.3 Å². The quantitative estimate of drug-likeness (QED) is 0.00758. The van der Waals surface area contributed by atoms with Crippen LogP contribution in [0.15, 0.2) is 159 Å². The molecule has 0 fully saturated rings. The van der Waals surface area contributed by atoms with Crippen molar-refractivity contribution in [1.29, 1.82) is 0 Å². The molecule has 5 rings (SSSR count). The van der Waals surface area contributed by atoms with Crippen LogP contribution in [0.3, 0.4) is 0 Å². The van der Waals surface area contributed by atoms with Crippen molar-refractivity contribution in [2.24, 2.45) is 5.10 Å². The molecule has 0 aliphatic heterocycles. The van der Waals surface area contributed by atoms with Crippen LogP contribution in [0.2, 0.25) is 0 Å². The maximum absolute atomic E-state index is 13.2. The molecule has 0 aliphatic rings. The topological polar surface area (TPSA) is 232 Å². The first kappa shape index (κ1) is 59.9. The van der Waals surface area contributed by atoms with Crippen molar-refractivity contribution >= 4 is 80.9 Å². The Labute approximate surface area is 455 Å². The van der Waals surface area contributed by atoms with Gasteiger partial charge in [0, 0.05) is 55.2 Å². The summed E-state index contributed by atoms with van der Waals surface area (Å²) in [6, 6.07) is 25.6. The number of para-hydroxylation sites is 1. The molecule has 1 aromatic heterocycles. The van der Waals surface area contributed by atoms with Crippen molar-refractivity contribution in [3.63, 3.8) is 0 Å². The summed E-state index contributed by atoms with van der Waals surface area (Å²) in [6.45, 7) is 14.9. The fraction of sp³-hybridized carbons (Fsp3) is 0.241. The maximum Gasteiger partial charge on any atom is 0.336 e. The van der Waals surface area contributed by atoms with Crippen molar-refractivity contribution in [2.75, 3.05) is 58.3 Å². The van der Waals surface area contributed by atoms with E-state index in [1.54, 1.807) is 60.7 Å². The Balaban J connectivity index is 1.15. The average Bonchev–Trinajstić information content (AvgIpc) is 3.88. The number of esters is 6. The second-order valence-corrected chi connectivity index (χ2v) is 17.2. The number of hydrazone groups is 1. The second kappa shape index (κ2) is 33.8. The summed E-state index contributed by atoms with van der Waals surface area (Å²) in [5.41, 5.74) is 5.29. The number of benzene rings is 4. The van der Waals surface area contributed by atoms with Gasteiger partial charge >= 0.3 is 35.8 Å². The maximum atomic E-state index is 13.2. The minimum Gasteiger partial charge on any atom is -0.490 e. The van der Waals surface area contributed by atoms with E-state index in [2.05, 4.69) is 41.8 Å². The minimum absolute atomic E-state index is 0.00771.